The van der Waals surface area contributed by atoms with Gasteiger partial charge < -0.3 is 15.2 Å². The van der Waals surface area contributed by atoms with Gasteiger partial charge in [0.25, 0.3) is 0 Å². The Hall–Kier alpha value is -1.10. The maximum Gasteiger partial charge on any atom is 0.123 e. The fourth-order valence-electron chi connectivity index (χ4n) is 2.74. The predicted octanol–water partition coefficient (Wildman–Crippen LogP) is 2.11. The number of aryl methyl sites for hydroxylation is 1. The van der Waals surface area contributed by atoms with E-state index in [-0.39, 0.29) is 12.1 Å². The molecule has 1 aliphatic rings. The Morgan fingerprint density at radius 1 is 1.40 bits per heavy atom. The van der Waals surface area contributed by atoms with E-state index in [4.69, 9.17) is 15.2 Å². The highest BCUT2D eigenvalue weighted by Gasteiger charge is 2.28. The maximum absolute atomic E-state index is 5.97. The van der Waals surface area contributed by atoms with Crippen molar-refractivity contribution in [2.45, 2.75) is 39.0 Å². The normalized spacial score (nSPS) is 23.4. The molecule has 3 unspecified atom stereocenters. The molecule has 4 heteroatoms. The lowest BCUT2D eigenvalue weighted by molar-refractivity contribution is -0.0500. The third-order valence-electron chi connectivity index (χ3n) is 4.09. The van der Waals surface area contributed by atoms with Crippen LogP contribution in [0.2, 0.25) is 0 Å². The van der Waals surface area contributed by atoms with Gasteiger partial charge in [-0.15, -0.1) is 0 Å². The van der Waals surface area contributed by atoms with E-state index in [9.17, 15) is 0 Å². The minimum Gasteiger partial charge on any atom is -0.496 e. The number of rotatable bonds is 4. The van der Waals surface area contributed by atoms with Crippen molar-refractivity contribution >= 4 is 0 Å². The molecular weight excluding hydrogens is 252 g/mol. The van der Waals surface area contributed by atoms with Crippen LogP contribution in [-0.2, 0) is 4.74 Å². The van der Waals surface area contributed by atoms with E-state index in [0.717, 1.165) is 25.4 Å². The van der Waals surface area contributed by atoms with E-state index >= 15 is 0 Å². The molecule has 112 valence electrons. The fraction of sp³-hybridized carbons (Fsp3) is 0.625. The number of ether oxygens (including phenoxy) is 2. The third kappa shape index (κ3) is 3.32. The number of nitrogens with two attached hydrogens (primary N) is 1. The van der Waals surface area contributed by atoms with Gasteiger partial charge in [-0.3, -0.25) is 4.90 Å². The number of benzene rings is 1. The lowest BCUT2D eigenvalue weighted by atomic mass is 10.0. The topological polar surface area (TPSA) is 47.7 Å². The van der Waals surface area contributed by atoms with Crippen LogP contribution in [0.4, 0.5) is 0 Å². The molecule has 0 saturated carbocycles. The molecule has 0 spiro atoms. The Balaban J connectivity index is 2.18. The lowest BCUT2D eigenvalue weighted by Gasteiger charge is -2.38. The Bertz CT molecular complexity index is 448. The van der Waals surface area contributed by atoms with Gasteiger partial charge in [0.15, 0.2) is 0 Å². The van der Waals surface area contributed by atoms with Gasteiger partial charge in [-0.05, 0) is 26.8 Å². The van der Waals surface area contributed by atoms with Crippen LogP contribution in [0.25, 0.3) is 0 Å². The van der Waals surface area contributed by atoms with E-state index < -0.39 is 0 Å². The number of methoxy groups -OCH3 is 1. The van der Waals surface area contributed by atoms with E-state index in [1.165, 1.54) is 11.1 Å². The summed E-state index contributed by atoms with van der Waals surface area (Å²) < 4.78 is 11.2. The minimum absolute atomic E-state index is 0.0596. The van der Waals surface area contributed by atoms with Crippen molar-refractivity contribution in [2.75, 3.05) is 26.8 Å². The Morgan fingerprint density at radius 3 is 2.80 bits per heavy atom. The van der Waals surface area contributed by atoms with Gasteiger partial charge in [-0.2, -0.15) is 0 Å². The van der Waals surface area contributed by atoms with Crippen LogP contribution in [-0.4, -0.2) is 43.9 Å². The first-order valence-corrected chi connectivity index (χ1v) is 7.28. The molecular formula is C16H26N2O2. The van der Waals surface area contributed by atoms with E-state index in [0.29, 0.717) is 6.04 Å². The van der Waals surface area contributed by atoms with Gasteiger partial charge in [0.1, 0.15) is 5.75 Å². The molecule has 0 radical (unpaired) electrons. The summed E-state index contributed by atoms with van der Waals surface area (Å²) in [4.78, 5) is 2.43. The molecule has 1 fully saturated rings. The summed E-state index contributed by atoms with van der Waals surface area (Å²) >= 11 is 0. The first-order valence-electron chi connectivity index (χ1n) is 7.28. The molecule has 1 heterocycles. The van der Waals surface area contributed by atoms with Gasteiger partial charge in [-0.1, -0.05) is 17.7 Å². The molecule has 2 N–H and O–H groups in total. The van der Waals surface area contributed by atoms with Crippen molar-refractivity contribution in [3.05, 3.63) is 29.3 Å². The van der Waals surface area contributed by atoms with Crippen LogP contribution in [0.15, 0.2) is 18.2 Å². The van der Waals surface area contributed by atoms with Crippen LogP contribution in [0, 0.1) is 6.92 Å². The highest BCUT2D eigenvalue weighted by molar-refractivity contribution is 5.39. The second kappa shape index (κ2) is 6.57. The van der Waals surface area contributed by atoms with Crippen molar-refractivity contribution in [2.24, 2.45) is 5.73 Å². The molecule has 0 amide bonds. The average molecular weight is 278 g/mol. The third-order valence-corrected chi connectivity index (χ3v) is 4.09. The molecule has 1 saturated heterocycles. The van der Waals surface area contributed by atoms with Crippen molar-refractivity contribution in [1.82, 2.24) is 4.90 Å². The van der Waals surface area contributed by atoms with Crippen molar-refractivity contribution < 1.29 is 9.47 Å². The quantitative estimate of drug-likeness (QED) is 0.916. The Labute approximate surface area is 121 Å². The van der Waals surface area contributed by atoms with E-state index in [2.05, 4.69) is 30.9 Å². The average Bonchev–Trinajstić information content (AvgIpc) is 2.46. The zero-order valence-corrected chi connectivity index (χ0v) is 12.9. The first kappa shape index (κ1) is 15.3. The molecule has 2 rings (SSSR count). The molecule has 20 heavy (non-hydrogen) atoms. The van der Waals surface area contributed by atoms with Crippen LogP contribution in [0.5, 0.6) is 5.75 Å². The largest absolute Gasteiger partial charge is 0.496 e. The van der Waals surface area contributed by atoms with Crippen molar-refractivity contribution in [3.63, 3.8) is 0 Å². The van der Waals surface area contributed by atoms with Crippen LogP contribution < -0.4 is 10.5 Å². The number of hydrogen-bond acceptors (Lipinski definition) is 4. The second-order valence-corrected chi connectivity index (χ2v) is 5.68. The smallest absolute Gasteiger partial charge is 0.123 e. The van der Waals surface area contributed by atoms with Gasteiger partial charge >= 0.3 is 0 Å². The SMILES string of the molecule is COc1ccc(C)cc1C(C)N1CCOC(C(C)N)C1. The van der Waals surface area contributed by atoms with Crippen molar-refractivity contribution in [1.29, 1.82) is 0 Å². The summed E-state index contributed by atoms with van der Waals surface area (Å²) in [7, 11) is 1.73. The molecule has 0 aliphatic carbocycles. The first-order chi connectivity index (χ1) is 9.52. The monoisotopic (exact) mass is 278 g/mol. The standard InChI is InChI=1S/C16H26N2O2/c1-11-5-6-15(19-4)14(9-11)13(3)18-7-8-20-16(10-18)12(2)17/h5-6,9,12-13,16H,7-8,10,17H2,1-4H3. The summed E-state index contributed by atoms with van der Waals surface area (Å²) in [5.74, 6) is 0.951. The van der Waals surface area contributed by atoms with Crippen LogP contribution in [0.1, 0.15) is 31.0 Å². The Morgan fingerprint density at radius 2 is 2.15 bits per heavy atom. The molecule has 1 aliphatic heterocycles. The van der Waals surface area contributed by atoms with Gasteiger partial charge in [-0.25, -0.2) is 0 Å². The van der Waals surface area contributed by atoms with Crippen LogP contribution in [0.3, 0.4) is 0 Å². The highest BCUT2D eigenvalue weighted by Crippen LogP contribution is 2.31. The summed E-state index contributed by atoms with van der Waals surface area (Å²) in [6.07, 6.45) is 0.113. The van der Waals surface area contributed by atoms with Crippen LogP contribution >= 0.6 is 0 Å². The maximum atomic E-state index is 5.97. The molecule has 0 aromatic heterocycles. The number of morpholine rings is 1. The Kier molecular flexibility index (Phi) is 5.02. The zero-order valence-electron chi connectivity index (χ0n) is 12.9. The van der Waals surface area contributed by atoms with Gasteiger partial charge in [0.05, 0.1) is 19.8 Å². The lowest BCUT2D eigenvalue weighted by Crippen LogP contribution is -2.50. The number of hydrogen-bond donors (Lipinski definition) is 1. The fourth-order valence-corrected chi connectivity index (χ4v) is 2.74. The van der Waals surface area contributed by atoms with Crippen molar-refractivity contribution in [3.8, 4) is 5.75 Å². The molecule has 1 aromatic rings. The van der Waals surface area contributed by atoms with Gasteiger partial charge in [0.2, 0.25) is 0 Å². The van der Waals surface area contributed by atoms with E-state index in [1.807, 2.05) is 13.0 Å². The second-order valence-electron chi connectivity index (χ2n) is 5.68. The molecule has 0 bridgehead atoms. The highest BCUT2D eigenvalue weighted by atomic mass is 16.5. The van der Waals surface area contributed by atoms with Gasteiger partial charge in [0, 0.05) is 30.7 Å². The number of nitrogens with zero attached hydrogens (tertiary/aromatic N) is 1. The minimum atomic E-state index is 0.0596. The molecule has 1 aromatic carbocycles. The summed E-state index contributed by atoms with van der Waals surface area (Å²) in [5, 5.41) is 0. The summed E-state index contributed by atoms with van der Waals surface area (Å²) in [5.41, 5.74) is 8.46. The zero-order chi connectivity index (χ0) is 14.7. The predicted molar refractivity (Wildman–Crippen MR) is 81.1 cm³/mol. The molecule has 3 atom stereocenters. The summed E-state index contributed by atoms with van der Waals surface area (Å²) in [6, 6.07) is 6.70. The van der Waals surface area contributed by atoms with E-state index in [1.54, 1.807) is 7.11 Å². The summed E-state index contributed by atoms with van der Waals surface area (Å²) in [6.45, 7) is 8.88. The molecule has 4 nitrogen and oxygen atoms in total.